The molecule has 3 aromatic rings. The van der Waals surface area contributed by atoms with Crippen LogP contribution in [0.15, 0.2) is 46.9 Å². The fourth-order valence-corrected chi connectivity index (χ4v) is 2.42. The molecule has 25 heavy (non-hydrogen) atoms. The molecule has 0 bridgehead atoms. The number of esters is 1. The monoisotopic (exact) mass is 380 g/mol. The van der Waals surface area contributed by atoms with Crippen molar-refractivity contribution in [2.75, 3.05) is 0 Å². The quantitative estimate of drug-likeness (QED) is 0.611. The third kappa shape index (κ3) is 4.35. The van der Waals surface area contributed by atoms with E-state index in [4.69, 9.17) is 32.4 Å². The lowest BCUT2D eigenvalue weighted by Gasteiger charge is -2.05. The molecule has 3 rings (SSSR count). The van der Waals surface area contributed by atoms with Gasteiger partial charge >= 0.3 is 5.97 Å². The van der Waals surface area contributed by atoms with Crippen LogP contribution in [0.25, 0.3) is 11.5 Å². The van der Waals surface area contributed by atoms with E-state index in [9.17, 15) is 9.18 Å². The third-order valence-electron chi connectivity index (χ3n) is 3.30. The summed E-state index contributed by atoms with van der Waals surface area (Å²) in [5.74, 6) is -0.816. The summed E-state index contributed by atoms with van der Waals surface area (Å²) >= 11 is 11.7. The van der Waals surface area contributed by atoms with Gasteiger partial charge in [0, 0.05) is 21.2 Å². The maximum atomic E-state index is 13.7. The van der Waals surface area contributed by atoms with E-state index in [1.807, 2.05) is 0 Å². The van der Waals surface area contributed by atoms with Crippen molar-refractivity contribution in [3.8, 4) is 11.5 Å². The predicted molar refractivity (Wildman–Crippen MR) is 89.7 cm³/mol. The SMILES string of the molecule is O=C(Cc1c(F)cccc1Cl)OCc1nnc(-c2ccc(Cl)cc2)o1. The average Bonchev–Trinajstić information content (AvgIpc) is 3.06. The molecule has 0 aliphatic rings. The van der Waals surface area contributed by atoms with Crippen LogP contribution in [0.1, 0.15) is 11.5 Å². The first-order chi connectivity index (χ1) is 12.0. The molecule has 0 N–H and O–H groups in total. The Balaban J connectivity index is 1.60. The second-order valence-electron chi connectivity index (χ2n) is 5.05. The maximum absolute atomic E-state index is 13.7. The third-order valence-corrected chi connectivity index (χ3v) is 3.90. The molecule has 0 spiro atoms. The molecule has 0 unspecified atom stereocenters. The molecule has 128 valence electrons. The summed E-state index contributed by atoms with van der Waals surface area (Å²) < 4.78 is 24.1. The minimum atomic E-state index is -0.654. The Hall–Kier alpha value is -2.44. The minimum absolute atomic E-state index is 0.0848. The predicted octanol–water partition coefficient (Wildman–Crippen LogP) is 4.47. The highest BCUT2D eigenvalue weighted by Crippen LogP contribution is 2.21. The van der Waals surface area contributed by atoms with Crippen molar-refractivity contribution >= 4 is 29.2 Å². The molecule has 0 saturated heterocycles. The van der Waals surface area contributed by atoms with Gasteiger partial charge in [-0.3, -0.25) is 4.79 Å². The second kappa shape index (κ2) is 7.63. The molecule has 8 heteroatoms. The number of carbonyl (C=O) groups is 1. The summed E-state index contributed by atoms with van der Waals surface area (Å²) in [5.41, 5.74) is 0.772. The lowest BCUT2D eigenvalue weighted by molar-refractivity contribution is -0.144. The van der Waals surface area contributed by atoms with Gasteiger partial charge in [0.1, 0.15) is 5.82 Å². The lowest BCUT2D eigenvalue weighted by atomic mass is 10.1. The van der Waals surface area contributed by atoms with Gasteiger partial charge in [0.15, 0.2) is 6.61 Å². The Kier molecular flexibility index (Phi) is 5.31. The molecular formula is C17H11Cl2FN2O3. The maximum Gasteiger partial charge on any atom is 0.310 e. The molecule has 5 nitrogen and oxygen atoms in total. The van der Waals surface area contributed by atoms with Gasteiger partial charge in [-0.25, -0.2) is 4.39 Å². The van der Waals surface area contributed by atoms with E-state index in [-0.39, 0.29) is 35.4 Å². The zero-order valence-electron chi connectivity index (χ0n) is 12.7. The zero-order valence-corrected chi connectivity index (χ0v) is 14.2. The molecule has 0 fully saturated rings. The molecule has 0 amide bonds. The van der Waals surface area contributed by atoms with Crippen molar-refractivity contribution < 1.29 is 18.3 Å². The van der Waals surface area contributed by atoms with Gasteiger partial charge in [-0.1, -0.05) is 29.3 Å². The van der Waals surface area contributed by atoms with Crippen molar-refractivity contribution in [3.63, 3.8) is 0 Å². The molecule has 0 aliphatic heterocycles. The highest BCUT2D eigenvalue weighted by molar-refractivity contribution is 6.31. The van der Waals surface area contributed by atoms with Crippen LogP contribution in [0.2, 0.25) is 10.0 Å². The number of nitrogens with zero attached hydrogens (tertiary/aromatic N) is 2. The molecule has 2 aromatic carbocycles. The topological polar surface area (TPSA) is 65.2 Å². The van der Waals surface area contributed by atoms with Gasteiger partial charge in [0.2, 0.25) is 5.89 Å². The highest BCUT2D eigenvalue weighted by atomic mass is 35.5. The lowest BCUT2D eigenvalue weighted by Crippen LogP contribution is -2.09. The Morgan fingerprint density at radius 2 is 1.88 bits per heavy atom. The number of rotatable bonds is 5. The summed E-state index contributed by atoms with van der Waals surface area (Å²) in [5, 5.41) is 8.43. The van der Waals surface area contributed by atoms with Crippen LogP contribution in [0.5, 0.6) is 0 Å². The first-order valence-electron chi connectivity index (χ1n) is 7.20. The van der Waals surface area contributed by atoms with Crippen LogP contribution < -0.4 is 0 Å². The number of benzene rings is 2. The standard InChI is InChI=1S/C17H11Cl2FN2O3/c18-11-6-4-10(5-7-11)17-22-21-15(25-17)9-24-16(23)8-12-13(19)2-1-3-14(12)20/h1-7H,8-9H2. The van der Waals surface area contributed by atoms with Gasteiger partial charge in [0.25, 0.3) is 5.89 Å². The van der Waals surface area contributed by atoms with E-state index in [1.54, 1.807) is 24.3 Å². The second-order valence-corrected chi connectivity index (χ2v) is 5.89. The van der Waals surface area contributed by atoms with Gasteiger partial charge in [0.05, 0.1) is 6.42 Å². The number of ether oxygens (including phenoxy) is 1. The van der Waals surface area contributed by atoms with Gasteiger partial charge in [-0.15, -0.1) is 10.2 Å². The number of carbonyl (C=O) groups excluding carboxylic acids is 1. The van der Waals surface area contributed by atoms with E-state index >= 15 is 0 Å². The van der Waals surface area contributed by atoms with Crippen molar-refractivity contribution in [2.45, 2.75) is 13.0 Å². The summed E-state index contributed by atoms with van der Waals surface area (Å²) in [4.78, 5) is 11.9. The first-order valence-corrected chi connectivity index (χ1v) is 7.95. The van der Waals surface area contributed by atoms with E-state index in [0.717, 1.165) is 0 Å². The molecule has 0 aliphatic carbocycles. The molecule has 1 heterocycles. The summed E-state index contributed by atoms with van der Waals surface area (Å²) in [6.07, 6.45) is -0.288. The van der Waals surface area contributed by atoms with E-state index in [2.05, 4.69) is 10.2 Å². The molecule has 0 atom stereocenters. The smallest absolute Gasteiger partial charge is 0.310 e. The van der Waals surface area contributed by atoms with Gasteiger partial charge in [-0.2, -0.15) is 0 Å². The molecular weight excluding hydrogens is 370 g/mol. The van der Waals surface area contributed by atoms with Crippen LogP contribution in [0, 0.1) is 5.82 Å². The Morgan fingerprint density at radius 1 is 1.12 bits per heavy atom. The van der Waals surface area contributed by atoms with Crippen LogP contribution in [0.4, 0.5) is 4.39 Å². The highest BCUT2D eigenvalue weighted by Gasteiger charge is 2.15. The van der Waals surface area contributed by atoms with Crippen molar-refractivity contribution in [1.29, 1.82) is 0 Å². The Morgan fingerprint density at radius 3 is 2.60 bits per heavy atom. The molecule has 0 saturated carbocycles. The summed E-state index contributed by atoms with van der Waals surface area (Å²) in [6.45, 7) is -0.217. The number of hydrogen-bond acceptors (Lipinski definition) is 5. The van der Waals surface area contributed by atoms with Gasteiger partial charge in [-0.05, 0) is 36.4 Å². The minimum Gasteiger partial charge on any atom is -0.455 e. The largest absolute Gasteiger partial charge is 0.455 e. The number of hydrogen-bond donors (Lipinski definition) is 0. The van der Waals surface area contributed by atoms with Crippen LogP contribution in [0.3, 0.4) is 0 Å². The zero-order chi connectivity index (χ0) is 17.8. The van der Waals surface area contributed by atoms with Gasteiger partial charge < -0.3 is 9.15 Å². The number of aromatic nitrogens is 2. The normalized spacial score (nSPS) is 10.7. The van der Waals surface area contributed by atoms with E-state index < -0.39 is 11.8 Å². The Bertz CT molecular complexity index is 877. The fourth-order valence-electron chi connectivity index (χ4n) is 2.06. The summed E-state index contributed by atoms with van der Waals surface area (Å²) in [6, 6.07) is 11.0. The van der Waals surface area contributed by atoms with E-state index in [1.165, 1.54) is 18.2 Å². The van der Waals surface area contributed by atoms with Crippen molar-refractivity contribution in [1.82, 2.24) is 10.2 Å². The van der Waals surface area contributed by atoms with Crippen LogP contribution in [-0.4, -0.2) is 16.2 Å². The van der Waals surface area contributed by atoms with Crippen molar-refractivity contribution in [3.05, 3.63) is 69.8 Å². The van der Waals surface area contributed by atoms with Crippen LogP contribution in [-0.2, 0) is 22.6 Å². The van der Waals surface area contributed by atoms with Crippen LogP contribution >= 0.6 is 23.2 Å². The molecule has 1 aromatic heterocycles. The first kappa shape index (κ1) is 17.4. The average molecular weight is 381 g/mol. The Labute approximate surface area is 152 Å². The number of halogens is 3. The molecule has 0 radical (unpaired) electrons. The fraction of sp³-hybridized carbons (Fsp3) is 0.118. The van der Waals surface area contributed by atoms with Crippen molar-refractivity contribution in [2.24, 2.45) is 0 Å². The van der Waals surface area contributed by atoms with E-state index in [0.29, 0.717) is 10.6 Å². The summed E-state index contributed by atoms with van der Waals surface area (Å²) in [7, 11) is 0.